The molecule has 0 atom stereocenters. The van der Waals surface area contributed by atoms with Gasteiger partial charge in [-0.05, 0) is 43.6 Å². The van der Waals surface area contributed by atoms with Crippen LogP contribution in [0.4, 0.5) is 0 Å². The third-order valence-corrected chi connectivity index (χ3v) is 7.05. The van der Waals surface area contributed by atoms with Crippen molar-refractivity contribution in [2.45, 2.75) is 60.8 Å². The maximum Gasteiger partial charge on any atom is 0.228 e. The first-order valence-corrected chi connectivity index (χ1v) is 10.7. The van der Waals surface area contributed by atoms with E-state index in [-0.39, 0.29) is 10.8 Å². The Morgan fingerprint density at radius 2 is 1.50 bits per heavy atom. The van der Waals surface area contributed by atoms with Crippen LogP contribution in [-0.2, 0) is 4.79 Å². The van der Waals surface area contributed by atoms with E-state index in [1.54, 1.807) is 0 Å². The second-order valence-corrected chi connectivity index (χ2v) is 10.5. The van der Waals surface area contributed by atoms with Crippen LogP contribution in [0.25, 0.3) is 0 Å². The summed E-state index contributed by atoms with van der Waals surface area (Å²) in [6.45, 7) is 21.3. The van der Waals surface area contributed by atoms with E-state index >= 15 is 0 Å². The molecule has 2 rings (SSSR count). The normalized spacial score (nSPS) is 22.2. The fourth-order valence-corrected chi connectivity index (χ4v) is 4.56. The zero-order valence-corrected chi connectivity index (χ0v) is 18.5. The van der Waals surface area contributed by atoms with Crippen LogP contribution in [0.1, 0.15) is 60.8 Å². The lowest BCUT2D eigenvalue weighted by atomic mass is 9.69. The second kappa shape index (κ2) is 8.60. The Labute approximate surface area is 162 Å². The van der Waals surface area contributed by atoms with E-state index < -0.39 is 0 Å². The number of piperidine rings is 1. The molecule has 0 aromatic carbocycles. The van der Waals surface area contributed by atoms with Crippen LogP contribution in [-0.4, -0.2) is 73.5 Å². The topological polar surface area (TPSA) is 26.8 Å². The molecule has 2 heterocycles. The molecule has 0 bridgehead atoms. The molecular weight excluding hydrogens is 322 g/mol. The van der Waals surface area contributed by atoms with Gasteiger partial charge in [0.25, 0.3) is 0 Å². The standard InChI is InChI=1S/C22H43N3O/c1-18(2)21(3,4)17-22(5,6)20(26)25-10-8-19(9-11-25)16-24-14-12-23(7)13-15-24/h18-19H,8-17H2,1-7H3. The minimum absolute atomic E-state index is 0.193. The van der Waals surface area contributed by atoms with Crippen LogP contribution in [0.15, 0.2) is 0 Å². The van der Waals surface area contributed by atoms with E-state index in [1.807, 2.05) is 0 Å². The highest BCUT2D eigenvalue weighted by Gasteiger charge is 2.39. The summed E-state index contributed by atoms with van der Waals surface area (Å²) in [7, 11) is 2.21. The Morgan fingerprint density at radius 3 is 2.00 bits per heavy atom. The van der Waals surface area contributed by atoms with Crippen LogP contribution < -0.4 is 0 Å². The van der Waals surface area contributed by atoms with Gasteiger partial charge < -0.3 is 14.7 Å². The average molecular weight is 366 g/mol. The summed E-state index contributed by atoms with van der Waals surface area (Å²) in [6, 6.07) is 0. The summed E-state index contributed by atoms with van der Waals surface area (Å²) in [5.74, 6) is 1.71. The lowest BCUT2D eigenvalue weighted by Gasteiger charge is -2.42. The number of rotatable bonds is 6. The van der Waals surface area contributed by atoms with Crippen LogP contribution in [0.5, 0.6) is 0 Å². The Balaban J connectivity index is 1.81. The number of carbonyl (C=O) groups excluding carboxylic acids is 1. The van der Waals surface area contributed by atoms with Crippen molar-refractivity contribution in [3.05, 3.63) is 0 Å². The second-order valence-electron chi connectivity index (χ2n) is 10.5. The monoisotopic (exact) mass is 365 g/mol. The molecule has 0 aliphatic carbocycles. The molecule has 0 N–H and O–H groups in total. The van der Waals surface area contributed by atoms with Crippen molar-refractivity contribution in [1.29, 1.82) is 0 Å². The minimum atomic E-state index is -0.266. The Morgan fingerprint density at radius 1 is 0.962 bits per heavy atom. The number of carbonyl (C=O) groups is 1. The lowest BCUT2D eigenvalue weighted by molar-refractivity contribution is -0.144. The number of hydrogen-bond acceptors (Lipinski definition) is 3. The molecule has 2 fully saturated rings. The summed E-state index contributed by atoms with van der Waals surface area (Å²) in [6.07, 6.45) is 3.29. The number of likely N-dealkylation sites (tertiary alicyclic amines) is 1. The summed E-state index contributed by atoms with van der Waals surface area (Å²) < 4.78 is 0. The fourth-order valence-electron chi connectivity index (χ4n) is 4.56. The highest BCUT2D eigenvalue weighted by Crippen LogP contribution is 2.40. The van der Waals surface area contributed by atoms with Gasteiger partial charge in [0, 0.05) is 51.2 Å². The number of amides is 1. The summed E-state index contributed by atoms with van der Waals surface area (Å²) in [4.78, 5) is 20.4. The summed E-state index contributed by atoms with van der Waals surface area (Å²) in [5, 5.41) is 0. The van der Waals surface area contributed by atoms with Gasteiger partial charge in [-0.1, -0.05) is 41.5 Å². The van der Waals surface area contributed by atoms with E-state index in [9.17, 15) is 4.79 Å². The van der Waals surface area contributed by atoms with Gasteiger partial charge in [0.2, 0.25) is 5.91 Å². The van der Waals surface area contributed by atoms with Gasteiger partial charge in [0.15, 0.2) is 0 Å². The van der Waals surface area contributed by atoms with Crippen molar-refractivity contribution in [3.8, 4) is 0 Å². The van der Waals surface area contributed by atoms with Crippen LogP contribution in [0.2, 0.25) is 0 Å². The molecular formula is C22H43N3O. The predicted molar refractivity (Wildman–Crippen MR) is 110 cm³/mol. The zero-order chi connectivity index (χ0) is 19.5. The molecule has 2 saturated heterocycles. The number of likely N-dealkylation sites (N-methyl/N-ethyl adjacent to an activating group) is 1. The molecule has 4 heteroatoms. The van der Waals surface area contributed by atoms with Crippen molar-refractivity contribution in [1.82, 2.24) is 14.7 Å². The molecule has 26 heavy (non-hydrogen) atoms. The number of hydrogen-bond donors (Lipinski definition) is 0. The molecule has 0 aromatic rings. The first-order valence-electron chi connectivity index (χ1n) is 10.7. The SMILES string of the molecule is CC(C)C(C)(C)CC(C)(C)C(=O)N1CCC(CN2CCN(C)CC2)CC1. The largest absolute Gasteiger partial charge is 0.342 e. The van der Waals surface area contributed by atoms with Gasteiger partial charge in [-0.3, -0.25) is 4.79 Å². The van der Waals surface area contributed by atoms with Crippen LogP contribution in [0.3, 0.4) is 0 Å². The lowest BCUT2D eigenvalue weighted by Crippen LogP contribution is -2.50. The molecule has 4 nitrogen and oxygen atoms in total. The van der Waals surface area contributed by atoms with Crippen molar-refractivity contribution in [2.24, 2.45) is 22.7 Å². The van der Waals surface area contributed by atoms with E-state index in [4.69, 9.17) is 0 Å². The molecule has 0 aromatic heterocycles. The van der Waals surface area contributed by atoms with Gasteiger partial charge in [-0.25, -0.2) is 0 Å². The molecule has 2 aliphatic heterocycles. The van der Waals surface area contributed by atoms with Gasteiger partial charge in [-0.2, -0.15) is 0 Å². The van der Waals surface area contributed by atoms with Crippen molar-refractivity contribution in [2.75, 3.05) is 52.9 Å². The van der Waals surface area contributed by atoms with Gasteiger partial charge >= 0.3 is 0 Å². The number of piperazine rings is 1. The maximum absolute atomic E-state index is 13.2. The third-order valence-electron chi connectivity index (χ3n) is 7.05. The predicted octanol–water partition coefficient (Wildman–Crippen LogP) is 3.57. The van der Waals surface area contributed by atoms with Crippen LogP contribution >= 0.6 is 0 Å². The average Bonchev–Trinajstić information content (AvgIpc) is 2.56. The molecule has 1 amide bonds. The Kier molecular flexibility index (Phi) is 7.17. The maximum atomic E-state index is 13.2. The molecule has 0 saturated carbocycles. The van der Waals surface area contributed by atoms with E-state index in [0.29, 0.717) is 11.8 Å². The van der Waals surface area contributed by atoms with E-state index in [0.717, 1.165) is 25.4 Å². The minimum Gasteiger partial charge on any atom is -0.342 e. The van der Waals surface area contributed by atoms with Crippen LogP contribution in [0, 0.1) is 22.7 Å². The van der Waals surface area contributed by atoms with Gasteiger partial charge in [0.05, 0.1) is 0 Å². The van der Waals surface area contributed by atoms with Gasteiger partial charge in [0.1, 0.15) is 0 Å². The van der Waals surface area contributed by atoms with Crippen molar-refractivity contribution >= 4 is 5.91 Å². The highest BCUT2D eigenvalue weighted by molar-refractivity contribution is 5.82. The molecule has 0 spiro atoms. The fraction of sp³-hybridized carbons (Fsp3) is 0.955. The highest BCUT2D eigenvalue weighted by atomic mass is 16.2. The third kappa shape index (κ3) is 5.69. The number of nitrogens with zero attached hydrogens (tertiary/aromatic N) is 3. The smallest absolute Gasteiger partial charge is 0.228 e. The first-order chi connectivity index (χ1) is 12.0. The van der Waals surface area contributed by atoms with E-state index in [1.165, 1.54) is 45.6 Å². The molecule has 152 valence electrons. The van der Waals surface area contributed by atoms with Crippen molar-refractivity contribution in [3.63, 3.8) is 0 Å². The van der Waals surface area contributed by atoms with Crippen molar-refractivity contribution < 1.29 is 4.79 Å². The first kappa shape index (κ1) is 21.7. The Hall–Kier alpha value is -0.610. The summed E-state index contributed by atoms with van der Waals surface area (Å²) in [5.41, 5.74) is -0.0725. The Bertz CT molecular complexity index is 456. The molecule has 0 radical (unpaired) electrons. The quantitative estimate of drug-likeness (QED) is 0.720. The molecule has 0 unspecified atom stereocenters. The summed E-state index contributed by atoms with van der Waals surface area (Å²) >= 11 is 0. The van der Waals surface area contributed by atoms with Gasteiger partial charge in [-0.15, -0.1) is 0 Å². The molecule has 2 aliphatic rings. The van der Waals surface area contributed by atoms with E-state index in [2.05, 4.69) is 63.3 Å². The zero-order valence-electron chi connectivity index (χ0n) is 18.5.